The molecule has 0 aromatic heterocycles. The number of ketones is 1. The quantitative estimate of drug-likeness (QED) is 0.776. The molecule has 0 unspecified atom stereocenters. The fraction of sp³-hybridized carbons (Fsp3) is 0.385. The molecule has 0 fully saturated rings. The minimum Gasteiger partial charge on any atom is -0.481 e. The van der Waals surface area contributed by atoms with Crippen molar-refractivity contribution in [3.63, 3.8) is 0 Å². The van der Waals surface area contributed by atoms with Crippen LogP contribution in [0.5, 0.6) is 0 Å². The minimum atomic E-state index is -0.771. The first-order valence-corrected chi connectivity index (χ1v) is 5.33. The lowest BCUT2D eigenvalue weighted by molar-refractivity contribution is -0.137. The van der Waals surface area contributed by atoms with Gasteiger partial charge in [-0.1, -0.05) is 31.2 Å². The molecule has 3 heteroatoms. The summed E-state index contributed by atoms with van der Waals surface area (Å²) in [5.41, 5.74) is 1.76. The SMILES string of the molecule is CC(=O)c1ccc([C@@H](C)CCC(=O)O)cc1. The zero-order chi connectivity index (χ0) is 12.1. The molecule has 1 aromatic rings. The minimum absolute atomic E-state index is 0.0461. The second-order valence-electron chi connectivity index (χ2n) is 4.01. The van der Waals surface area contributed by atoms with Gasteiger partial charge in [0.2, 0.25) is 0 Å². The van der Waals surface area contributed by atoms with Gasteiger partial charge in [-0.25, -0.2) is 0 Å². The van der Waals surface area contributed by atoms with Crippen LogP contribution in [-0.2, 0) is 4.79 Å². The maximum atomic E-state index is 11.1. The lowest BCUT2D eigenvalue weighted by Gasteiger charge is -2.10. The first-order valence-electron chi connectivity index (χ1n) is 5.33. The number of carboxylic acids is 1. The fourth-order valence-corrected chi connectivity index (χ4v) is 1.55. The third kappa shape index (κ3) is 3.50. The van der Waals surface area contributed by atoms with Gasteiger partial charge in [-0.15, -0.1) is 0 Å². The molecule has 16 heavy (non-hydrogen) atoms. The van der Waals surface area contributed by atoms with E-state index in [1.165, 1.54) is 6.92 Å². The Hall–Kier alpha value is -1.64. The molecule has 0 aliphatic rings. The summed E-state index contributed by atoms with van der Waals surface area (Å²) in [5.74, 6) is -0.519. The van der Waals surface area contributed by atoms with E-state index >= 15 is 0 Å². The molecule has 0 aliphatic heterocycles. The van der Waals surface area contributed by atoms with Gasteiger partial charge >= 0.3 is 5.97 Å². The van der Waals surface area contributed by atoms with Gasteiger partial charge in [0.1, 0.15) is 0 Å². The summed E-state index contributed by atoms with van der Waals surface area (Å²) in [7, 11) is 0. The zero-order valence-corrected chi connectivity index (χ0v) is 9.56. The summed E-state index contributed by atoms with van der Waals surface area (Å²) < 4.78 is 0. The maximum Gasteiger partial charge on any atom is 0.303 e. The van der Waals surface area contributed by atoms with Crippen LogP contribution in [0.2, 0.25) is 0 Å². The number of hydrogen-bond donors (Lipinski definition) is 1. The highest BCUT2D eigenvalue weighted by atomic mass is 16.4. The monoisotopic (exact) mass is 220 g/mol. The number of aliphatic carboxylic acids is 1. The van der Waals surface area contributed by atoms with Crippen LogP contribution in [0, 0.1) is 0 Å². The molecule has 1 N–H and O–H groups in total. The van der Waals surface area contributed by atoms with Gasteiger partial charge in [-0.05, 0) is 24.8 Å². The molecule has 0 bridgehead atoms. The van der Waals surface area contributed by atoms with Crippen molar-refractivity contribution in [3.8, 4) is 0 Å². The Kier molecular flexibility index (Phi) is 4.23. The van der Waals surface area contributed by atoms with Gasteiger partial charge < -0.3 is 5.11 Å². The first kappa shape index (κ1) is 12.4. The van der Waals surface area contributed by atoms with Crippen LogP contribution in [0.3, 0.4) is 0 Å². The van der Waals surface area contributed by atoms with Crippen molar-refractivity contribution in [1.82, 2.24) is 0 Å². The first-order chi connectivity index (χ1) is 7.50. The largest absolute Gasteiger partial charge is 0.481 e. The fourth-order valence-electron chi connectivity index (χ4n) is 1.55. The van der Waals surface area contributed by atoms with E-state index in [4.69, 9.17) is 5.11 Å². The second-order valence-corrected chi connectivity index (χ2v) is 4.01. The van der Waals surface area contributed by atoms with Gasteiger partial charge in [-0.3, -0.25) is 9.59 Å². The number of rotatable bonds is 5. The van der Waals surface area contributed by atoms with Crippen molar-refractivity contribution in [2.75, 3.05) is 0 Å². The van der Waals surface area contributed by atoms with Crippen molar-refractivity contribution in [2.45, 2.75) is 32.6 Å². The van der Waals surface area contributed by atoms with E-state index < -0.39 is 5.97 Å². The second kappa shape index (κ2) is 5.45. The normalized spacial score (nSPS) is 12.1. The predicted molar refractivity (Wildman–Crippen MR) is 61.7 cm³/mol. The number of hydrogen-bond acceptors (Lipinski definition) is 2. The Bertz CT molecular complexity index is 379. The van der Waals surface area contributed by atoms with Crippen LogP contribution >= 0.6 is 0 Å². The van der Waals surface area contributed by atoms with E-state index in [0.717, 1.165) is 5.56 Å². The van der Waals surface area contributed by atoms with Crippen LogP contribution in [0.15, 0.2) is 24.3 Å². The van der Waals surface area contributed by atoms with Crippen molar-refractivity contribution in [2.24, 2.45) is 0 Å². The van der Waals surface area contributed by atoms with Gasteiger partial charge in [-0.2, -0.15) is 0 Å². The molecule has 0 heterocycles. The van der Waals surface area contributed by atoms with Crippen LogP contribution in [-0.4, -0.2) is 16.9 Å². The molecule has 3 nitrogen and oxygen atoms in total. The van der Waals surface area contributed by atoms with E-state index in [0.29, 0.717) is 12.0 Å². The van der Waals surface area contributed by atoms with Crippen molar-refractivity contribution < 1.29 is 14.7 Å². The highest BCUT2D eigenvalue weighted by molar-refractivity contribution is 5.94. The molecular weight excluding hydrogens is 204 g/mol. The molecule has 1 atom stereocenters. The third-order valence-corrected chi connectivity index (χ3v) is 2.68. The summed E-state index contributed by atoms with van der Waals surface area (Å²) in [5, 5.41) is 8.58. The number of benzene rings is 1. The van der Waals surface area contributed by atoms with Crippen molar-refractivity contribution >= 4 is 11.8 Å². The average molecular weight is 220 g/mol. The third-order valence-electron chi connectivity index (χ3n) is 2.68. The zero-order valence-electron chi connectivity index (χ0n) is 9.56. The predicted octanol–water partition coefficient (Wildman–Crippen LogP) is 2.86. The van der Waals surface area contributed by atoms with Crippen LogP contribution in [0.1, 0.15) is 48.5 Å². The highest BCUT2D eigenvalue weighted by Crippen LogP contribution is 2.21. The molecule has 0 spiro atoms. The smallest absolute Gasteiger partial charge is 0.303 e. The molecule has 0 saturated heterocycles. The van der Waals surface area contributed by atoms with Crippen LogP contribution in [0.25, 0.3) is 0 Å². The van der Waals surface area contributed by atoms with Gasteiger partial charge in [0.15, 0.2) is 5.78 Å². The number of Topliss-reactive ketones (excluding diaryl/α,β-unsaturated/α-hetero) is 1. The molecule has 1 aromatic carbocycles. The van der Waals surface area contributed by atoms with Crippen LogP contribution < -0.4 is 0 Å². The summed E-state index contributed by atoms with van der Waals surface area (Å²) >= 11 is 0. The van der Waals surface area contributed by atoms with E-state index in [-0.39, 0.29) is 18.1 Å². The summed E-state index contributed by atoms with van der Waals surface area (Å²) in [6.07, 6.45) is 0.796. The van der Waals surface area contributed by atoms with Crippen molar-refractivity contribution in [3.05, 3.63) is 35.4 Å². The molecule has 1 rings (SSSR count). The Morgan fingerprint density at radius 3 is 2.25 bits per heavy atom. The van der Waals surface area contributed by atoms with E-state index in [9.17, 15) is 9.59 Å². The van der Waals surface area contributed by atoms with Gasteiger partial charge in [0, 0.05) is 12.0 Å². The Morgan fingerprint density at radius 2 is 1.81 bits per heavy atom. The summed E-state index contributed by atoms with van der Waals surface area (Å²) in [6, 6.07) is 7.36. The highest BCUT2D eigenvalue weighted by Gasteiger charge is 2.08. The Morgan fingerprint density at radius 1 is 1.25 bits per heavy atom. The molecule has 86 valence electrons. The molecule has 0 amide bonds. The number of carbonyl (C=O) groups excluding carboxylic acids is 1. The topological polar surface area (TPSA) is 54.4 Å². The summed E-state index contributed by atoms with van der Waals surface area (Å²) in [4.78, 5) is 21.5. The lowest BCUT2D eigenvalue weighted by atomic mass is 9.95. The standard InChI is InChI=1S/C13H16O3/c1-9(3-8-13(15)16)11-4-6-12(7-5-11)10(2)14/h4-7,9H,3,8H2,1-2H3,(H,15,16)/t9-/m0/s1. The average Bonchev–Trinajstić information content (AvgIpc) is 2.26. The molecule has 0 aliphatic carbocycles. The molecule has 0 saturated carbocycles. The van der Waals surface area contributed by atoms with E-state index in [1.54, 1.807) is 12.1 Å². The number of carbonyl (C=O) groups is 2. The van der Waals surface area contributed by atoms with Crippen LogP contribution in [0.4, 0.5) is 0 Å². The molecular formula is C13H16O3. The van der Waals surface area contributed by atoms with Gasteiger partial charge in [0.25, 0.3) is 0 Å². The molecule has 0 radical (unpaired) electrons. The maximum absolute atomic E-state index is 11.1. The Labute approximate surface area is 95.1 Å². The lowest BCUT2D eigenvalue weighted by Crippen LogP contribution is -2.00. The van der Waals surface area contributed by atoms with Crippen molar-refractivity contribution in [1.29, 1.82) is 0 Å². The van der Waals surface area contributed by atoms with E-state index in [1.807, 2.05) is 19.1 Å². The van der Waals surface area contributed by atoms with E-state index in [2.05, 4.69) is 0 Å². The Balaban J connectivity index is 2.66. The summed E-state index contributed by atoms with van der Waals surface area (Å²) in [6.45, 7) is 3.52. The number of carboxylic acid groups (broad SMARTS) is 1. The van der Waals surface area contributed by atoms with Gasteiger partial charge in [0.05, 0.1) is 0 Å².